The molecular formula is C16H19NO3S. The van der Waals surface area contributed by atoms with Crippen LogP contribution in [-0.4, -0.2) is 34.5 Å². The van der Waals surface area contributed by atoms with Crippen molar-refractivity contribution in [1.82, 2.24) is 0 Å². The van der Waals surface area contributed by atoms with Crippen molar-refractivity contribution in [3.05, 3.63) is 29.8 Å². The zero-order valence-corrected chi connectivity index (χ0v) is 12.8. The lowest BCUT2D eigenvalue weighted by atomic mass is 9.86. The smallest absolute Gasteiger partial charge is 0.306 e. The minimum absolute atomic E-state index is 0.195. The summed E-state index contributed by atoms with van der Waals surface area (Å²) in [7, 11) is 1.68. The minimum Gasteiger partial charge on any atom is -0.496 e. The number of nitrogens with zero attached hydrogens (tertiary/aromatic N) is 1. The molecular weight excluding hydrogens is 286 g/mol. The summed E-state index contributed by atoms with van der Waals surface area (Å²) in [6, 6.07) is 8.29. The molecule has 1 fully saturated rings. The molecule has 21 heavy (non-hydrogen) atoms. The highest BCUT2D eigenvalue weighted by molar-refractivity contribution is 8.14. The molecule has 5 heteroatoms. The van der Waals surface area contributed by atoms with Gasteiger partial charge < -0.3 is 9.84 Å². The molecule has 0 aromatic heterocycles. The van der Waals surface area contributed by atoms with Crippen molar-refractivity contribution >= 4 is 22.8 Å². The monoisotopic (exact) mass is 305 g/mol. The van der Waals surface area contributed by atoms with E-state index in [9.17, 15) is 4.79 Å². The van der Waals surface area contributed by atoms with Gasteiger partial charge in [-0.15, -0.1) is 11.8 Å². The van der Waals surface area contributed by atoms with E-state index in [2.05, 4.69) is 6.07 Å². The molecule has 1 heterocycles. The van der Waals surface area contributed by atoms with Crippen LogP contribution in [0.15, 0.2) is 29.3 Å². The van der Waals surface area contributed by atoms with Crippen LogP contribution in [0, 0.1) is 5.92 Å². The molecule has 0 radical (unpaired) electrons. The number of methoxy groups -OCH3 is 1. The molecule has 1 aliphatic heterocycles. The predicted octanol–water partition coefficient (Wildman–Crippen LogP) is 3.00. The number of rotatable bonds is 4. The van der Waals surface area contributed by atoms with Gasteiger partial charge in [0.2, 0.25) is 0 Å². The molecule has 0 spiro atoms. The van der Waals surface area contributed by atoms with Gasteiger partial charge >= 0.3 is 5.97 Å². The Hall–Kier alpha value is -1.49. The molecule has 3 unspecified atom stereocenters. The van der Waals surface area contributed by atoms with Crippen molar-refractivity contribution in [3.8, 4) is 5.75 Å². The van der Waals surface area contributed by atoms with Crippen molar-refractivity contribution in [1.29, 1.82) is 0 Å². The summed E-state index contributed by atoms with van der Waals surface area (Å²) < 4.78 is 5.38. The molecule has 1 aliphatic carbocycles. The largest absolute Gasteiger partial charge is 0.496 e. The fourth-order valence-electron chi connectivity index (χ4n) is 3.10. The Labute approximate surface area is 128 Å². The summed E-state index contributed by atoms with van der Waals surface area (Å²) in [6.07, 6.45) is 3.16. The third-order valence-corrected chi connectivity index (χ3v) is 5.57. The van der Waals surface area contributed by atoms with E-state index >= 15 is 0 Å². The molecule has 1 aromatic carbocycles. The second-order valence-electron chi connectivity index (χ2n) is 5.58. The van der Waals surface area contributed by atoms with Crippen LogP contribution in [-0.2, 0) is 11.2 Å². The van der Waals surface area contributed by atoms with Gasteiger partial charge in [0.1, 0.15) is 5.75 Å². The highest BCUT2D eigenvalue weighted by Gasteiger charge is 2.38. The number of carboxylic acid groups (broad SMARTS) is 1. The van der Waals surface area contributed by atoms with Gasteiger partial charge in [-0.3, -0.25) is 9.79 Å². The number of aliphatic imine (C=N–C) groups is 1. The fraction of sp³-hybridized carbons (Fsp3) is 0.500. The quantitative estimate of drug-likeness (QED) is 0.929. The summed E-state index contributed by atoms with van der Waals surface area (Å²) >= 11 is 1.76. The molecule has 1 aromatic rings. The van der Waals surface area contributed by atoms with Crippen LogP contribution < -0.4 is 4.74 Å². The van der Waals surface area contributed by atoms with Gasteiger partial charge in [-0.05, 0) is 25.3 Å². The van der Waals surface area contributed by atoms with Gasteiger partial charge in [0.25, 0.3) is 0 Å². The van der Waals surface area contributed by atoms with E-state index in [0.717, 1.165) is 42.0 Å². The Kier molecular flexibility index (Phi) is 4.19. The number of thioether (sulfide) groups is 1. The second kappa shape index (κ2) is 6.10. The molecule has 0 saturated heterocycles. The van der Waals surface area contributed by atoms with Gasteiger partial charge in [0, 0.05) is 17.2 Å². The molecule has 2 aliphatic rings. The molecule has 1 saturated carbocycles. The topological polar surface area (TPSA) is 58.9 Å². The fourth-order valence-corrected chi connectivity index (χ4v) is 4.57. The number of aliphatic carboxylic acids is 1. The zero-order valence-electron chi connectivity index (χ0n) is 12.0. The maximum Gasteiger partial charge on any atom is 0.306 e. The number of fused-ring (bicyclic) bond motifs is 1. The van der Waals surface area contributed by atoms with Crippen molar-refractivity contribution in [3.63, 3.8) is 0 Å². The third-order valence-electron chi connectivity index (χ3n) is 4.24. The highest BCUT2D eigenvalue weighted by Crippen LogP contribution is 2.40. The van der Waals surface area contributed by atoms with Crippen molar-refractivity contribution in [2.24, 2.45) is 10.9 Å². The molecule has 4 nitrogen and oxygen atoms in total. The van der Waals surface area contributed by atoms with Crippen molar-refractivity contribution < 1.29 is 14.6 Å². The van der Waals surface area contributed by atoms with Crippen molar-refractivity contribution in [2.45, 2.75) is 37.0 Å². The van der Waals surface area contributed by atoms with E-state index in [0.29, 0.717) is 11.3 Å². The molecule has 3 rings (SSSR count). The van der Waals surface area contributed by atoms with E-state index in [1.165, 1.54) is 0 Å². The lowest BCUT2D eigenvalue weighted by molar-refractivity contribution is -0.142. The average molecular weight is 305 g/mol. The van der Waals surface area contributed by atoms with Gasteiger partial charge in [-0.2, -0.15) is 0 Å². The van der Waals surface area contributed by atoms with Crippen LogP contribution in [0.5, 0.6) is 5.75 Å². The Morgan fingerprint density at radius 3 is 3.00 bits per heavy atom. The van der Waals surface area contributed by atoms with E-state index in [1.807, 2.05) is 18.2 Å². The van der Waals surface area contributed by atoms with E-state index < -0.39 is 5.97 Å². The summed E-state index contributed by atoms with van der Waals surface area (Å²) in [5, 5.41) is 10.6. The van der Waals surface area contributed by atoms with Crippen LogP contribution in [0.4, 0.5) is 0 Å². The van der Waals surface area contributed by atoms with Crippen LogP contribution in [0.25, 0.3) is 0 Å². The summed E-state index contributed by atoms with van der Waals surface area (Å²) in [5.74, 6) is 0.0332. The highest BCUT2D eigenvalue weighted by atomic mass is 32.2. The average Bonchev–Trinajstić information content (AvgIpc) is 2.89. The molecule has 112 valence electrons. The van der Waals surface area contributed by atoms with Crippen LogP contribution in [0.1, 0.15) is 24.8 Å². The maximum atomic E-state index is 11.1. The van der Waals surface area contributed by atoms with Crippen LogP contribution >= 0.6 is 11.8 Å². The van der Waals surface area contributed by atoms with E-state index in [1.54, 1.807) is 18.9 Å². The predicted molar refractivity (Wildman–Crippen MR) is 84.3 cm³/mol. The minimum atomic E-state index is -0.660. The molecule has 1 N–H and O–H groups in total. The Morgan fingerprint density at radius 2 is 2.24 bits per heavy atom. The van der Waals surface area contributed by atoms with Crippen LogP contribution in [0.3, 0.4) is 0 Å². The Balaban J connectivity index is 1.68. The van der Waals surface area contributed by atoms with E-state index in [-0.39, 0.29) is 5.92 Å². The zero-order chi connectivity index (χ0) is 14.8. The normalized spacial score (nSPS) is 27.9. The number of ether oxygens (including phenoxy) is 1. The second-order valence-corrected chi connectivity index (χ2v) is 6.90. The standard InChI is InChI=1S/C16H19NO3S/c1-20-13-5-3-2-4-10(13)9-15-17-12-7-6-11(16(18)19)8-14(12)21-15/h2-5,11-12,14H,6-9H2,1H3,(H,18,19). The Morgan fingerprint density at radius 1 is 1.43 bits per heavy atom. The van der Waals surface area contributed by atoms with Gasteiger partial charge in [0.15, 0.2) is 0 Å². The lowest BCUT2D eigenvalue weighted by Crippen LogP contribution is -2.31. The summed E-state index contributed by atoms with van der Waals surface area (Å²) in [6.45, 7) is 0. The molecule has 3 atom stereocenters. The third kappa shape index (κ3) is 3.07. The first kappa shape index (κ1) is 14.4. The van der Waals surface area contributed by atoms with Crippen LogP contribution in [0.2, 0.25) is 0 Å². The van der Waals surface area contributed by atoms with Crippen molar-refractivity contribution in [2.75, 3.05) is 7.11 Å². The van der Waals surface area contributed by atoms with Gasteiger partial charge in [0.05, 0.1) is 24.1 Å². The number of carboxylic acids is 1. The number of hydrogen-bond donors (Lipinski definition) is 1. The number of para-hydroxylation sites is 1. The number of benzene rings is 1. The Bertz CT molecular complexity index is 572. The van der Waals surface area contributed by atoms with E-state index in [4.69, 9.17) is 14.8 Å². The number of carbonyl (C=O) groups is 1. The van der Waals surface area contributed by atoms with Gasteiger partial charge in [-0.1, -0.05) is 18.2 Å². The number of hydrogen-bond acceptors (Lipinski definition) is 4. The summed E-state index contributed by atoms with van der Waals surface area (Å²) in [5.41, 5.74) is 1.14. The summed E-state index contributed by atoms with van der Waals surface area (Å²) in [4.78, 5) is 15.9. The van der Waals surface area contributed by atoms with Gasteiger partial charge in [-0.25, -0.2) is 0 Å². The maximum absolute atomic E-state index is 11.1. The molecule has 0 amide bonds. The molecule has 0 bridgehead atoms. The first-order valence-electron chi connectivity index (χ1n) is 7.25. The first-order valence-corrected chi connectivity index (χ1v) is 8.13. The lowest BCUT2D eigenvalue weighted by Gasteiger charge is -2.27. The SMILES string of the molecule is COc1ccccc1CC1=NC2CCC(C(=O)O)CC2S1. The first-order chi connectivity index (χ1) is 10.2.